The summed E-state index contributed by atoms with van der Waals surface area (Å²) in [4.78, 5) is 12.6. The first-order chi connectivity index (χ1) is 9.54. The summed E-state index contributed by atoms with van der Waals surface area (Å²) >= 11 is 3.57. The maximum absolute atomic E-state index is 12.0. The number of nitrogens with one attached hydrogen (secondary N) is 1. The maximum Gasteiger partial charge on any atom is 0.387 e. The van der Waals surface area contributed by atoms with Gasteiger partial charge in [-0.2, -0.15) is 8.78 Å². The van der Waals surface area contributed by atoms with Crippen LogP contribution in [-0.2, 0) is 0 Å². The minimum Gasteiger partial charge on any atom is -0.435 e. The lowest BCUT2D eigenvalue weighted by atomic mass is 9.95. The van der Waals surface area contributed by atoms with Gasteiger partial charge in [0.2, 0.25) is 0 Å². The molecule has 0 atom stereocenters. The highest BCUT2D eigenvalue weighted by Crippen LogP contribution is 2.24. The van der Waals surface area contributed by atoms with Crippen LogP contribution in [0.3, 0.4) is 0 Å². The van der Waals surface area contributed by atoms with Gasteiger partial charge in [-0.15, -0.1) is 0 Å². The predicted octanol–water partition coefficient (Wildman–Crippen LogP) is 3.72. The monoisotopic (exact) mass is 347 g/mol. The molecule has 1 N–H and O–H groups in total. The zero-order valence-electron chi connectivity index (χ0n) is 10.8. The molecule has 3 nitrogen and oxygen atoms in total. The average Bonchev–Trinajstić information content (AvgIpc) is 2.41. The van der Waals surface area contributed by atoms with Crippen LogP contribution >= 0.6 is 15.9 Å². The molecule has 0 radical (unpaired) electrons. The zero-order chi connectivity index (χ0) is 14.5. The van der Waals surface area contributed by atoms with Gasteiger partial charge in [0.25, 0.3) is 5.91 Å². The quantitative estimate of drug-likeness (QED) is 0.843. The smallest absolute Gasteiger partial charge is 0.387 e. The van der Waals surface area contributed by atoms with E-state index in [1.165, 1.54) is 24.3 Å². The van der Waals surface area contributed by atoms with Gasteiger partial charge in [-0.1, -0.05) is 15.9 Å². The van der Waals surface area contributed by atoms with Crippen molar-refractivity contribution in [3.63, 3.8) is 0 Å². The molecule has 1 amide bonds. The Morgan fingerprint density at radius 3 is 2.35 bits per heavy atom. The Hall–Kier alpha value is -1.17. The summed E-state index contributed by atoms with van der Waals surface area (Å²) in [6.07, 6.45) is 4.00. The lowest BCUT2D eigenvalue weighted by Gasteiger charge is -2.26. The van der Waals surface area contributed by atoms with Crippen molar-refractivity contribution in [1.29, 1.82) is 0 Å². The van der Waals surface area contributed by atoms with E-state index in [4.69, 9.17) is 0 Å². The predicted molar refractivity (Wildman–Crippen MR) is 75.5 cm³/mol. The first-order valence-corrected chi connectivity index (χ1v) is 7.46. The molecule has 1 saturated carbocycles. The fourth-order valence-electron chi connectivity index (χ4n) is 2.25. The van der Waals surface area contributed by atoms with Crippen molar-refractivity contribution in [3.8, 4) is 5.75 Å². The number of carbonyl (C=O) groups excluding carboxylic acids is 1. The SMILES string of the molecule is O=C(NC1CCC(Br)CC1)c1ccc(OC(F)F)cc1. The van der Waals surface area contributed by atoms with Crippen LogP contribution in [0, 0.1) is 0 Å². The summed E-state index contributed by atoms with van der Waals surface area (Å²) in [6.45, 7) is -2.85. The van der Waals surface area contributed by atoms with Crippen LogP contribution in [0.4, 0.5) is 8.78 Å². The van der Waals surface area contributed by atoms with E-state index in [1.807, 2.05) is 0 Å². The molecule has 0 bridgehead atoms. The molecule has 1 aliphatic carbocycles. The third kappa shape index (κ3) is 4.44. The third-order valence-electron chi connectivity index (χ3n) is 3.33. The van der Waals surface area contributed by atoms with Crippen molar-refractivity contribution >= 4 is 21.8 Å². The van der Waals surface area contributed by atoms with Crippen LogP contribution in [0.5, 0.6) is 5.75 Å². The topological polar surface area (TPSA) is 38.3 Å². The number of hydrogen-bond acceptors (Lipinski definition) is 2. The van der Waals surface area contributed by atoms with Crippen LogP contribution in [-0.4, -0.2) is 23.4 Å². The van der Waals surface area contributed by atoms with E-state index in [1.54, 1.807) is 0 Å². The standard InChI is InChI=1S/C14H16BrF2NO2/c15-10-3-5-11(6-4-10)18-13(19)9-1-7-12(8-2-9)20-14(16)17/h1-2,7-8,10-11,14H,3-6H2,(H,18,19). The molecule has 2 rings (SSSR count). The van der Waals surface area contributed by atoms with Gasteiger partial charge in [0.15, 0.2) is 0 Å². The van der Waals surface area contributed by atoms with Crippen LogP contribution in [0.2, 0.25) is 0 Å². The fourth-order valence-corrected chi connectivity index (χ4v) is 2.78. The molecule has 0 aromatic heterocycles. The summed E-state index contributed by atoms with van der Waals surface area (Å²) in [7, 11) is 0. The Morgan fingerprint density at radius 2 is 1.80 bits per heavy atom. The molecule has 110 valence electrons. The largest absolute Gasteiger partial charge is 0.435 e. The van der Waals surface area contributed by atoms with Crippen LogP contribution in [0.25, 0.3) is 0 Å². The van der Waals surface area contributed by atoms with Gasteiger partial charge in [0.1, 0.15) is 5.75 Å². The van der Waals surface area contributed by atoms with E-state index in [2.05, 4.69) is 26.0 Å². The summed E-state index contributed by atoms with van der Waals surface area (Å²) in [5, 5.41) is 2.97. The molecule has 0 unspecified atom stereocenters. The summed E-state index contributed by atoms with van der Waals surface area (Å²) in [6, 6.07) is 5.91. The fraction of sp³-hybridized carbons (Fsp3) is 0.500. The number of halogens is 3. The lowest BCUT2D eigenvalue weighted by molar-refractivity contribution is -0.0498. The van der Waals surface area contributed by atoms with Gasteiger partial charge >= 0.3 is 6.61 Å². The minimum atomic E-state index is -2.85. The lowest BCUT2D eigenvalue weighted by Crippen LogP contribution is -2.37. The number of ether oxygens (including phenoxy) is 1. The minimum absolute atomic E-state index is 0.0522. The number of alkyl halides is 3. The van der Waals surface area contributed by atoms with E-state index in [0.29, 0.717) is 10.4 Å². The van der Waals surface area contributed by atoms with Crippen molar-refractivity contribution < 1.29 is 18.3 Å². The first kappa shape index (κ1) is 15.2. The van der Waals surface area contributed by atoms with E-state index >= 15 is 0 Å². The number of carbonyl (C=O) groups is 1. The average molecular weight is 348 g/mol. The van der Waals surface area contributed by atoms with E-state index in [-0.39, 0.29) is 17.7 Å². The van der Waals surface area contributed by atoms with E-state index < -0.39 is 6.61 Å². The summed E-state index contributed by atoms with van der Waals surface area (Å²) in [5.74, 6) is -0.122. The van der Waals surface area contributed by atoms with Gasteiger partial charge < -0.3 is 10.1 Å². The van der Waals surface area contributed by atoms with Gasteiger partial charge in [-0.05, 0) is 49.9 Å². The molecule has 6 heteroatoms. The first-order valence-electron chi connectivity index (χ1n) is 6.54. The summed E-state index contributed by atoms with van der Waals surface area (Å²) < 4.78 is 28.3. The normalized spacial score (nSPS) is 22.6. The number of benzene rings is 1. The van der Waals surface area contributed by atoms with Gasteiger partial charge in [-0.25, -0.2) is 0 Å². The highest BCUT2D eigenvalue weighted by atomic mass is 79.9. The second kappa shape index (κ2) is 7.02. The Bertz CT molecular complexity index is 445. The number of hydrogen-bond donors (Lipinski definition) is 1. The van der Waals surface area contributed by atoms with Crippen LogP contribution < -0.4 is 10.1 Å². The van der Waals surface area contributed by atoms with Crippen LogP contribution in [0.15, 0.2) is 24.3 Å². The Balaban J connectivity index is 1.89. The molecule has 1 fully saturated rings. The third-order valence-corrected chi connectivity index (χ3v) is 4.25. The van der Waals surface area contributed by atoms with Crippen molar-refractivity contribution in [3.05, 3.63) is 29.8 Å². The van der Waals surface area contributed by atoms with Crippen molar-refractivity contribution in [1.82, 2.24) is 5.32 Å². The van der Waals surface area contributed by atoms with E-state index in [9.17, 15) is 13.6 Å². The molecule has 1 aliphatic rings. The molecule has 1 aromatic carbocycles. The highest BCUT2D eigenvalue weighted by molar-refractivity contribution is 9.09. The summed E-state index contributed by atoms with van der Waals surface area (Å²) in [5.41, 5.74) is 0.451. The number of amides is 1. The molecule has 20 heavy (non-hydrogen) atoms. The Kier molecular flexibility index (Phi) is 5.34. The van der Waals surface area contributed by atoms with Gasteiger partial charge in [-0.3, -0.25) is 4.79 Å². The van der Waals surface area contributed by atoms with E-state index in [0.717, 1.165) is 25.7 Å². The second-order valence-electron chi connectivity index (χ2n) is 4.83. The Labute approximate surface area is 124 Å². The number of rotatable bonds is 4. The van der Waals surface area contributed by atoms with Crippen molar-refractivity contribution in [2.24, 2.45) is 0 Å². The molecule has 0 heterocycles. The van der Waals surface area contributed by atoms with Gasteiger partial charge in [0, 0.05) is 16.4 Å². The van der Waals surface area contributed by atoms with Gasteiger partial charge in [0.05, 0.1) is 0 Å². The molecular weight excluding hydrogens is 332 g/mol. The second-order valence-corrected chi connectivity index (χ2v) is 6.12. The molecule has 0 aliphatic heterocycles. The molecular formula is C14H16BrF2NO2. The zero-order valence-corrected chi connectivity index (χ0v) is 12.4. The molecule has 0 saturated heterocycles. The van der Waals surface area contributed by atoms with Crippen LogP contribution in [0.1, 0.15) is 36.0 Å². The Morgan fingerprint density at radius 1 is 1.20 bits per heavy atom. The maximum atomic E-state index is 12.0. The highest BCUT2D eigenvalue weighted by Gasteiger charge is 2.21. The van der Waals surface area contributed by atoms with Crippen molar-refractivity contribution in [2.45, 2.75) is 43.2 Å². The molecule has 0 spiro atoms. The van der Waals surface area contributed by atoms with Crippen molar-refractivity contribution in [2.75, 3.05) is 0 Å². The molecule has 1 aromatic rings.